The molecule has 0 bridgehead atoms. The molecule has 0 aliphatic rings. The number of carbonyl (C=O) groups is 1. The van der Waals surface area contributed by atoms with E-state index in [-0.39, 0.29) is 7.21 Å². The lowest BCUT2D eigenvalue weighted by molar-refractivity contribution is -0.402. The van der Waals surface area contributed by atoms with Crippen molar-refractivity contribution < 1.29 is 11.1 Å². The first-order valence-corrected chi connectivity index (χ1v) is 6.02. The fraction of sp³-hybridized carbons (Fsp3) is 0.182. The van der Waals surface area contributed by atoms with Crippen LogP contribution in [0.25, 0.3) is 0 Å². The molecule has 0 unspecified atom stereocenters. The highest BCUT2D eigenvalue weighted by molar-refractivity contribution is 8.02. The van der Waals surface area contributed by atoms with Crippen LogP contribution >= 0.6 is 11.8 Å². The van der Waals surface area contributed by atoms with Crippen LogP contribution in [0.5, 0.6) is 0 Å². The number of Topliss-reactive ketones (excluding diaryl/α,β-unsaturated/α-hetero) is 1. The quantitative estimate of drug-likeness (QED) is 0.497. The molecule has 0 amide bonds. The molecule has 1 N–H and O–H groups in total. The van der Waals surface area contributed by atoms with E-state index in [2.05, 4.69) is 5.32 Å². The van der Waals surface area contributed by atoms with E-state index < -0.39 is 4.92 Å². The van der Waals surface area contributed by atoms with Gasteiger partial charge in [-0.3, -0.25) is 14.9 Å². The molecule has 0 aliphatic heterocycles. The molecular formula is C11H14N2O3S. The molecule has 5 nitrogen and oxygen atoms in total. The Morgan fingerprint density at radius 2 is 2.29 bits per heavy atom. The maximum absolute atomic E-state index is 11.2. The van der Waals surface area contributed by atoms with Gasteiger partial charge in [-0.25, -0.2) is 0 Å². The van der Waals surface area contributed by atoms with Crippen LogP contribution < -0.4 is 5.32 Å². The Balaban J connectivity index is 0.00000289. The van der Waals surface area contributed by atoms with Crippen molar-refractivity contribution >= 4 is 23.2 Å². The molecule has 0 fully saturated rings. The lowest BCUT2D eigenvalue weighted by Crippen LogP contribution is -2.00. The van der Waals surface area contributed by atoms with Crippen molar-refractivity contribution in [1.29, 1.82) is 0 Å². The predicted molar refractivity (Wildman–Crippen MR) is 70.8 cm³/mol. The van der Waals surface area contributed by atoms with Crippen molar-refractivity contribution in [3.63, 3.8) is 0 Å². The van der Waals surface area contributed by atoms with Gasteiger partial charge in [-0.1, -0.05) is 12.1 Å². The van der Waals surface area contributed by atoms with Crippen LogP contribution in [0.15, 0.2) is 35.5 Å². The average Bonchev–Trinajstić information content (AvgIpc) is 2.28. The monoisotopic (exact) mass is 254 g/mol. The van der Waals surface area contributed by atoms with Crippen LogP contribution in [0.1, 0.15) is 18.7 Å². The zero-order chi connectivity index (χ0) is 12.8. The van der Waals surface area contributed by atoms with Crippen LogP contribution in [-0.4, -0.2) is 17.0 Å². The van der Waals surface area contributed by atoms with Crippen molar-refractivity contribution in [1.82, 2.24) is 0 Å². The minimum atomic E-state index is -0.520. The van der Waals surface area contributed by atoms with Crippen LogP contribution in [0.3, 0.4) is 0 Å². The van der Waals surface area contributed by atoms with E-state index in [1.54, 1.807) is 30.5 Å². The number of thioether (sulfide) groups is 1. The number of benzene rings is 1. The highest BCUT2D eigenvalue weighted by atomic mass is 32.2. The van der Waals surface area contributed by atoms with Crippen LogP contribution in [0, 0.1) is 10.1 Å². The highest BCUT2D eigenvalue weighted by Crippen LogP contribution is 2.18. The maximum Gasteiger partial charge on any atom is 0.264 e. The first-order chi connectivity index (χ1) is 8.02. The number of hydrogen-bond acceptors (Lipinski definition) is 5. The molecule has 1 aromatic carbocycles. The molecule has 0 heterocycles. The van der Waals surface area contributed by atoms with Gasteiger partial charge in [-0.15, -0.1) is 11.8 Å². The minimum Gasteiger partial charge on any atom is -0.345 e. The Morgan fingerprint density at radius 3 is 2.82 bits per heavy atom. The lowest BCUT2D eigenvalue weighted by atomic mass is 10.1. The van der Waals surface area contributed by atoms with Crippen LogP contribution in [-0.2, 0) is 0 Å². The molecule has 0 radical (unpaired) electrons. The molecule has 1 rings (SSSR count). The number of ketones is 1. The summed E-state index contributed by atoms with van der Waals surface area (Å²) in [6.45, 7) is 1.47. The summed E-state index contributed by atoms with van der Waals surface area (Å²) in [7, 11) is 0. The van der Waals surface area contributed by atoms with Gasteiger partial charge in [0.05, 0.1) is 4.92 Å². The van der Waals surface area contributed by atoms with Gasteiger partial charge in [-0.05, 0) is 25.3 Å². The Morgan fingerprint density at radius 1 is 1.59 bits per heavy atom. The molecule has 0 saturated carbocycles. The molecule has 17 heavy (non-hydrogen) atoms. The van der Waals surface area contributed by atoms with Gasteiger partial charge in [0.1, 0.15) is 5.03 Å². The second-order valence-electron chi connectivity index (χ2n) is 3.24. The predicted octanol–water partition coefficient (Wildman–Crippen LogP) is 2.99. The summed E-state index contributed by atoms with van der Waals surface area (Å²) in [5, 5.41) is 13.7. The maximum atomic E-state index is 11.2. The molecule has 1 aromatic rings. The molecule has 0 spiro atoms. The minimum absolute atomic E-state index is 0. The lowest BCUT2D eigenvalue weighted by Gasteiger charge is -2.06. The number of nitrogens with one attached hydrogen (secondary N) is 1. The van der Waals surface area contributed by atoms with Crippen molar-refractivity contribution in [3.8, 4) is 0 Å². The summed E-state index contributed by atoms with van der Waals surface area (Å²) in [6, 6.07) is 6.83. The summed E-state index contributed by atoms with van der Waals surface area (Å²) in [6.07, 6.45) is 2.63. The van der Waals surface area contributed by atoms with Gasteiger partial charge in [0.15, 0.2) is 5.78 Å². The van der Waals surface area contributed by atoms with Crippen molar-refractivity contribution in [2.75, 3.05) is 11.6 Å². The summed E-state index contributed by atoms with van der Waals surface area (Å²) in [4.78, 5) is 21.0. The SMILES string of the molecule is CSC(=C[N+](=O)[O-])Nc1cccc(C(C)=O)c1.[HH]. The second kappa shape index (κ2) is 6.05. The van der Waals surface area contributed by atoms with Gasteiger partial charge >= 0.3 is 0 Å². The van der Waals surface area contributed by atoms with Gasteiger partial charge in [0.2, 0.25) is 0 Å². The van der Waals surface area contributed by atoms with E-state index in [9.17, 15) is 14.9 Å². The smallest absolute Gasteiger partial charge is 0.264 e. The third kappa shape index (κ3) is 4.28. The largest absolute Gasteiger partial charge is 0.345 e. The van der Waals surface area contributed by atoms with Gasteiger partial charge in [-0.2, -0.15) is 0 Å². The van der Waals surface area contributed by atoms with E-state index in [1.165, 1.54) is 18.7 Å². The molecule has 0 aromatic heterocycles. The van der Waals surface area contributed by atoms with E-state index in [0.717, 1.165) is 6.20 Å². The summed E-state index contributed by atoms with van der Waals surface area (Å²) in [5.74, 6) is -0.0439. The van der Waals surface area contributed by atoms with Crippen LogP contribution in [0.2, 0.25) is 0 Å². The average molecular weight is 254 g/mol. The van der Waals surface area contributed by atoms with Crippen molar-refractivity contribution in [3.05, 3.63) is 51.2 Å². The topological polar surface area (TPSA) is 72.2 Å². The fourth-order valence-electron chi connectivity index (χ4n) is 1.19. The Bertz CT molecular complexity index is 477. The number of nitro groups is 1. The number of anilines is 1. The first-order valence-electron chi connectivity index (χ1n) is 4.80. The molecule has 92 valence electrons. The molecule has 6 heteroatoms. The number of nitrogens with zero attached hydrogens (tertiary/aromatic N) is 1. The van der Waals surface area contributed by atoms with Gasteiger partial charge < -0.3 is 5.32 Å². The van der Waals surface area contributed by atoms with Crippen LogP contribution in [0.4, 0.5) is 5.69 Å². The summed E-state index contributed by atoms with van der Waals surface area (Å²) in [5.41, 5.74) is 1.22. The molecule has 0 saturated heterocycles. The Kier molecular flexibility index (Phi) is 4.71. The summed E-state index contributed by atoms with van der Waals surface area (Å²) < 4.78 is 0. The molecule has 0 atom stereocenters. The number of rotatable bonds is 5. The normalized spacial score (nSPS) is 11.1. The zero-order valence-electron chi connectivity index (χ0n) is 9.47. The zero-order valence-corrected chi connectivity index (χ0v) is 10.3. The Labute approximate surface area is 105 Å². The van der Waals surface area contributed by atoms with Gasteiger partial charge in [0.25, 0.3) is 6.20 Å². The van der Waals surface area contributed by atoms with E-state index >= 15 is 0 Å². The summed E-state index contributed by atoms with van der Waals surface area (Å²) >= 11 is 1.23. The van der Waals surface area contributed by atoms with E-state index in [4.69, 9.17) is 0 Å². The molecular weight excluding hydrogens is 240 g/mol. The third-order valence-electron chi connectivity index (χ3n) is 1.98. The standard InChI is InChI=1S/C11H12N2O3S.H2/c1-8(14)9-4-3-5-10(6-9)12-11(17-2)7-13(15)16;/h3-7,12H,1-2H3;1H. The fourth-order valence-corrected chi connectivity index (χ4v) is 1.60. The number of hydrogen-bond donors (Lipinski definition) is 1. The highest BCUT2D eigenvalue weighted by Gasteiger charge is 2.04. The molecule has 0 aliphatic carbocycles. The second-order valence-corrected chi connectivity index (χ2v) is 4.09. The third-order valence-corrected chi connectivity index (χ3v) is 2.63. The van der Waals surface area contributed by atoms with E-state index in [1.807, 2.05) is 0 Å². The van der Waals surface area contributed by atoms with Crippen molar-refractivity contribution in [2.24, 2.45) is 0 Å². The van der Waals surface area contributed by atoms with Gasteiger partial charge in [0, 0.05) is 12.7 Å². The Hall–Kier alpha value is -1.82. The number of carbonyl (C=O) groups excluding carboxylic acids is 1. The van der Waals surface area contributed by atoms with Crippen molar-refractivity contribution in [2.45, 2.75) is 6.92 Å². The van der Waals surface area contributed by atoms with E-state index in [0.29, 0.717) is 16.3 Å². The first kappa shape index (κ1) is 13.2.